The Kier molecular flexibility index (Phi) is 6.08. The number of hydrogen-bond donors (Lipinski definition) is 1. The molecule has 0 aromatic heterocycles. The molecule has 0 aliphatic heterocycles. The van der Waals surface area contributed by atoms with Crippen LogP contribution in [0.5, 0.6) is 11.5 Å². The normalized spacial score (nSPS) is 10.4. The molecular weight excluding hydrogens is 330 g/mol. The second-order valence-corrected chi connectivity index (χ2v) is 5.48. The molecular formula is C17H20BrNO2. The Morgan fingerprint density at radius 1 is 1.05 bits per heavy atom. The van der Waals surface area contributed by atoms with E-state index >= 15 is 0 Å². The standard InChI is InChI=1S/C17H20BrNO2/c1-3-20-16-6-4-5-7-17(16)21-12-14-9-8-13(11-19-2)10-15(14)18/h4-10,19H,3,11-12H2,1-2H3. The summed E-state index contributed by atoms with van der Waals surface area (Å²) in [5.41, 5.74) is 2.35. The van der Waals surface area contributed by atoms with Gasteiger partial charge in [-0.2, -0.15) is 0 Å². The van der Waals surface area contributed by atoms with E-state index in [9.17, 15) is 0 Å². The minimum absolute atomic E-state index is 0.504. The van der Waals surface area contributed by atoms with Gasteiger partial charge < -0.3 is 14.8 Å². The van der Waals surface area contributed by atoms with Gasteiger partial charge in [-0.3, -0.25) is 0 Å². The summed E-state index contributed by atoms with van der Waals surface area (Å²) >= 11 is 3.60. The van der Waals surface area contributed by atoms with Crippen LogP contribution in [-0.2, 0) is 13.2 Å². The van der Waals surface area contributed by atoms with Crippen LogP contribution >= 0.6 is 15.9 Å². The average molecular weight is 350 g/mol. The van der Waals surface area contributed by atoms with Crippen LogP contribution in [0.25, 0.3) is 0 Å². The number of halogens is 1. The Labute approximate surface area is 134 Å². The topological polar surface area (TPSA) is 30.5 Å². The molecule has 0 radical (unpaired) electrons. The Balaban J connectivity index is 2.06. The van der Waals surface area contributed by atoms with Crippen molar-refractivity contribution in [2.75, 3.05) is 13.7 Å². The van der Waals surface area contributed by atoms with Gasteiger partial charge in [-0.15, -0.1) is 0 Å². The van der Waals surface area contributed by atoms with Gasteiger partial charge in [-0.25, -0.2) is 0 Å². The molecule has 0 saturated heterocycles. The van der Waals surface area contributed by atoms with Gasteiger partial charge in [0.15, 0.2) is 11.5 Å². The van der Waals surface area contributed by atoms with Crippen molar-refractivity contribution in [1.82, 2.24) is 5.32 Å². The zero-order valence-corrected chi connectivity index (χ0v) is 13.9. The van der Waals surface area contributed by atoms with Gasteiger partial charge in [0.1, 0.15) is 6.61 Å². The predicted molar refractivity (Wildman–Crippen MR) is 88.8 cm³/mol. The van der Waals surface area contributed by atoms with Gasteiger partial charge in [0.25, 0.3) is 0 Å². The van der Waals surface area contributed by atoms with Crippen LogP contribution in [0.4, 0.5) is 0 Å². The van der Waals surface area contributed by atoms with Crippen molar-refractivity contribution in [2.45, 2.75) is 20.1 Å². The molecule has 0 atom stereocenters. The lowest BCUT2D eigenvalue weighted by atomic mass is 10.1. The first-order valence-corrected chi connectivity index (χ1v) is 7.80. The molecule has 112 valence electrons. The van der Waals surface area contributed by atoms with Crippen molar-refractivity contribution >= 4 is 15.9 Å². The van der Waals surface area contributed by atoms with E-state index < -0.39 is 0 Å². The van der Waals surface area contributed by atoms with Gasteiger partial charge in [0.2, 0.25) is 0 Å². The Hall–Kier alpha value is -1.52. The molecule has 2 aromatic rings. The lowest BCUT2D eigenvalue weighted by Crippen LogP contribution is -2.05. The molecule has 1 N–H and O–H groups in total. The van der Waals surface area contributed by atoms with E-state index in [1.807, 2.05) is 38.2 Å². The third-order valence-corrected chi connectivity index (χ3v) is 3.77. The van der Waals surface area contributed by atoms with Crippen molar-refractivity contribution in [3.05, 3.63) is 58.1 Å². The fraction of sp³-hybridized carbons (Fsp3) is 0.294. The van der Waals surface area contributed by atoms with Crippen LogP contribution in [0.2, 0.25) is 0 Å². The molecule has 0 spiro atoms. The van der Waals surface area contributed by atoms with Gasteiger partial charge in [-0.05, 0) is 37.7 Å². The van der Waals surface area contributed by atoms with E-state index in [-0.39, 0.29) is 0 Å². The minimum atomic E-state index is 0.504. The van der Waals surface area contributed by atoms with Crippen LogP contribution in [0.15, 0.2) is 46.9 Å². The molecule has 4 heteroatoms. The lowest BCUT2D eigenvalue weighted by Gasteiger charge is -2.13. The summed E-state index contributed by atoms with van der Waals surface area (Å²) in [4.78, 5) is 0. The van der Waals surface area contributed by atoms with Gasteiger partial charge in [0.05, 0.1) is 6.61 Å². The maximum atomic E-state index is 5.89. The summed E-state index contributed by atoms with van der Waals surface area (Å²) < 4.78 is 12.5. The van der Waals surface area contributed by atoms with Crippen molar-refractivity contribution < 1.29 is 9.47 Å². The predicted octanol–water partition coefficient (Wildman–Crippen LogP) is 4.15. The average Bonchev–Trinajstić information content (AvgIpc) is 2.48. The SMILES string of the molecule is CCOc1ccccc1OCc1ccc(CNC)cc1Br. The molecule has 21 heavy (non-hydrogen) atoms. The van der Waals surface area contributed by atoms with E-state index in [1.54, 1.807) is 0 Å². The van der Waals surface area contributed by atoms with E-state index in [1.165, 1.54) is 5.56 Å². The van der Waals surface area contributed by atoms with E-state index in [0.29, 0.717) is 13.2 Å². The molecule has 2 rings (SSSR count). The number of rotatable bonds is 7. The quantitative estimate of drug-likeness (QED) is 0.814. The number of para-hydroxylation sites is 2. The van der Waals surface area contributed by atoms with Crippen LogP contribution in [0, 0.1) is 0 Å². The van der Waals surface area contributed by atoms with E-state index in [0.717, 1.165) is 28.1 Å². The minimum Gasteiger partial charge on any atom is -0.490 e. The number of ether oxygens (including phenoxy) is 2. The Morgan fingerprint density at radius 2 is 1.76 bits per heavy atom. The second-order valence-electron chi connectivity index (χ2n) is 4.62. The molecule has 0 aliphatic carbocycles. The van der Waals surface area contributed by atoms with Gasteiger partial charge in [0, 0.05) is 16.6 Å². The van der Waals surface area contributed by atoms with E-state index in [4.69, 9.17) is 9.47 Å². The number of benzene rings is 2. The number of hydrogen-bond acceptors (Lipinski definition) is 3. The first kappa shape index (κ1) is 15.9. The maximum Gasteiger partial charge on any atom is 0.161 e. The van der Waals surface area contributed by atoms with Crippen molar-refractivity contribution in [1.29, 1.82) is 0 Å². The zero-order chi connectivity index (χ0) is 15.1. The van der Waals surface area contributed by atoms with Crippen LogP contribution in [-0.4, -0.2) is 13.7 Å². The molecule has 0 heterocycles. The second kappa shape index (κ2) is 8.05. The van der Waals surface area contributed by atoms with Gasteiger partial charge in [-0.1, -0.05) is 40.2 Å². The Morgan fingerprint density at radius 3 is 2.38 bits per heavy atom. The van der Waals surface area contributed by atoms with Gasteiger partial charge >= 0.3 is 0 Å². The summed E-state index contributed by atoms with van der Waals surface area (Å²) in [5, 5.41) is 3.14. The maximum absolute atomic E-state index is 5.89. The highest BCUT2D eigenvalue weighted by Gasteiger charge is 2.06. The molecule has 0 unspecified atom stereocenters. The molecule has 0 fully saturated rings. The van der Waals surface area contributed by atoms with Crippen LogP contribution in [0.3, 0.4) is 0 Å². The summed E-state index contributed by atoms with van der Waals surface area (Å²) in [5.74, 6) is 1.55. The van der Waals surface area contributed by atoms with Crippen molar-refractivity contribution in [2.24, 2.45) is 0 Å². The van der Waals surface area contributed by atoms with Crippen LogP contribution < -0.4 is 14.8 Å². The van der Waals surface area contributed by atoms with Crippen molar-refractivity contribution in [3.63, 3.8) is 0 Å². The summed E-state index contributed by atoms with van der Waals surface area (Å²) in [7, 11) is 1.94. The highest BCUT2D eigenvalue weighted by Crippen LogP contribution is 2.28. The molecule has 3 nitrogen and oxygen atoms in total. The van der Waals surface area contributed by atoms with Crippen molar-refractivity contribution in [3.8, 4) is 11.5 Å². The zero-order valence-electron chi connectivity index (χ0n) is 12.4. The first-order chi connectivity index (χ1) is 10.2. The summed E-state index contributed by atoms with van der Waals surface area (Å²) in [6.45, 7) is 3.95. The highest BCUT2D eigenvalue weighted by molar-refractivity contribution is 9.10. The highest BCUT2D eigenvalue weighted by atomic mass is 79.9. The molecule has 0 bridgehead atoms. The third-order valence-electron chi connectivity index (χ3n) is 3.03. The van der Waals surface area contributed by atoms with Crippen LogP contribution in [0.1, 0.15) is 18.1 Å². The number of nitrogens with one attached hydrogen (secondary N) is 1. The molecule has 0 saturated carbocycles. The molecule has 0 aliphatic rings. The molecule has 0 amide bonds. The summed E-state index contributed by atoms with van der Waals surface area (Å²) in [6, 6.07) is 14.0. The summed E-state index contributed by atoms with van der Waals surface area (Å²) in [6.07, 6.45) is 0. The monoisotopic (exact) mass is 349 g/mol. The largest absolute Gasteiger partial charge is 0.490 e. The van der Waals surface area contributed by atoms with E-state index in [2.05, 4.69) is 39.4 Å². The first-order valence-electron chi connectivity index (χ1n) is 7.01. The lowest BCUT2D eigenvalue weighted by molar-refractivity contribution is 0.269. The fourth-order valence-electron chi connectivity index (χ4n) is 2.02. The fourth-order valence-corrected chi connectivity index (χ4v) is 2.56. The molecule has 2 aromatic carbocycles. The Bertz CT molecular complexity index is 587. The third kappa shape index (κ3) is 4.48. The smallest absolute Gasteiger partial charge is 0.161 e.